The molecule has 2 aromatic rings. The Labute approximate surface area is 147 Å². The summed E-state index contributed by atoms with van der Waals surface area (Å²) in [5.74, 6) is -1.42. The number of carbonyl (C=O) groups is 2. The fourth-order valence-electron chi connectivity index (χ4n) is 3.30. The van der Waals surface area contributed by atoms with Crippen molar-refractivity contribution in [2.45, 2.75) is 46.1 Å². The summed E-state index contributed by atoms with van der Waals surface area (Å²) in [5.41, 5.74) is 3.84. The third kappa shape index (κ3) is 3.65. The maximum atomic E-state index is 12.9. The highest BCUT2D eigenvalue weighted by Gasteiger charge is 2.34. The molecule has 5 nitrogen and oxygen atoms in total. The van der Waals surface area contributed by atoms with E-state index >= 15 is 0 Å². The molecule has 0 bridgehead atoms. The third-order valence-electron chi connectivity index (χ3n) is 5.01. The first-order chi connectivity index (χ1) is 11.9. The predicted octanol–water partition coefficient (Wildman–Crippen LogP) is 3.11. The molecule has 0 spiro atoms. The van der Waals surface area contributed by atoms with Crippen molar-refractivity contribution in [3.63, 3.8) is 0 Å². The topological polar surface area (TPSA) is 70.5 Å². The molecule has 5 heteroatoms. The number of para-hydroxylation sites is 1. The van der Waals surface area contributed by atoms with Gasteiger partial charge in [0.05, 0.1) is 17.9 Å². The average Bonchev–Trinajstić information content (AvgIpc) is 3.40. The standard InChI is InChI=1S/C20H24N2O3/c1-12(20(24)25)11-22(15-8-9-15)19(23)10-17-13(2)16-6-4-5-7-18(16)21-14(17)3/h4-7,12,15H,8-11H2,1-3H3,(H,24,25). The van der Waals surface area contributed by atoms with E-state index in [0.717, 1.165) is 40.6 Å². The molecule has 3 rings (SSSR count). The molecule has 1 amide bonds. The molecule has 1 aromatic heterocycles. The maximum absolute atomic E-state index is 12.9. The highest BCUT2D eigenvalue weighted by molar-refractivity contribution is 5.87. The van der Waals surface area contributed by atoms with Crippen molar-refractivity contribution in [2.24, 2.45) is 5.92 Å². The Hall–Kier alpha value is -2.43. The molecule has 1 aliphatic rings. The van der Waals surface area contributed by atoms with E-state index in [1.54, 1.807) is 11.8 Å². The monoisotopic (exact) mass is 340 g/mol. The van der Waals surface area contributed by atoms with Crippen LogP contribution in [0.2, 0.25) is 0 Å². The fourth-order valence-corrected chi connectivity index (χ4v) is 3.30. The number of rotatable bonds is 6. The Morgan fingerprint density at radius 1 is 1.28 bits per heavy atom. The second kappa shape index (κ2) is 6.82. The van der Waals surface area contributed by atoms with Crippen molar-refractivity contribution in [3.8, 4) is 0 Å². The number of benzene rings is 1. The van der Waals surface area contributed by atoms with Crippen molar-refractivity contribution in [2.75, 3.05) is 6.54 Å². The molecule has 0 aliphatic heterocycles. The largest absolute Gasteiger partial charge is 0.481 e. The Kier molecular flexibility index (Phi) is 4.75. The van der Waals surface area contributed by atoms with Gasteiger partial charge in [-0.1, -0.05) is 25.1 Å². The first-order valence-corrected chi connectivity index (χ1v) is 8.75. The minimum absolute atomic E-state index is 0.00104. The zero-order chi connectivity index (χ0) is 18.1. The minimum Gasteiger partial charge on any atom is -0.481 e. The molecule has 1 fully saturated rings. The summed E-state index contributed by atoms with van der Waals surface area (Å²) in [4.78, 5) is 30.5. The van der Waals surface area contributed by atoms with Crippen molar-refractivity contribution < 1.29 is 14.7 Å². The number of amides is 1. The summed E-state index contributed by atoms with van der Waals surface area (Å²) in [7, 11) is 0. The summed E-state index contributed by atoms with van der Waals surface area (Å²) >= 11 is 0. The quantitative estimate of drug-likeness (QED) is 0.877. The molecule has 1 aromatic carbocycles. The van der Waals surface area contributed by atoms with Gasteiger partial charge in [0, 0.05) is 23.7 Å². The fraction of sp³-hybridized carbons (Fsp3) is 0.450. The molecule has 1 saturated carbocycles. The molecule has 1 atom stereocenters. The zero-order valence-corrected chi connectivity index (χ0v) is 15.0. The van der Waals surface area contributed by atoms with Crippen LogP contribution in [-0.4, -0.2) is 39.5 Å². The van der Waals surface area contributed by atoms with E-state index in [1.165, 1.54) is 0 Å². The van der Waals surface area contributed by atoms with Gasteiger partial charge >= 0.3 is 5.97 Å². The van der Waals surface area contributed by atoms with Crippen molar-refractivity contribution in [1.82, 2.24) is 9.88 Å². The van der Waals surface area contributed by atoms with Gasteiger partial charge in [-0.3, -0.25) is 14.6 Å². The SMILES string of the molecule is Cc1nc2ccccc2c(C)c1CC(=O)N(CC(C)C(=O)O)C1CC1. The molecule has 1 heterocycles. The number of aromatic nitrogens is 1. The Morgan fingerprint density at radius 3 is 2.60 bits per heavy atom. The van der Waals surface area contributed by atoms with E-state index in [-0.39, 0.29) is 24.9 Å². The van der Waals surface area contributed by atoms with E-state index in [4.69, 9.17) is 5.11 Å². The summed E-state index contributed by atoms with van der Waals surface area (Å²) in [6.07, 6.45) is 2.20. The van der Waals surface area contributed by atoms with Crippen molar-refractivity contribution in [3.05, 3.63) is 41.1 Å². The molecule has 1 unspecified atom stereocenters. The number of hydrogen-bond donors (Lipinski definition) is 1. The molecule has 0 radical (unpaired) electrons. The van der Waals surface area contributed by atoms with Gasteiger partial charge in [0.1, 0.15) is 0 Å². The number of carbonyl (C=O) groups excluding carboxylic acids is 1. The number of hydrogen-bond acceptors (Lipinski definition) is 3. The zero-order valence-electron chi connectivity index (χ0n) is 15.0. The van der Waals surface area contributed by atoms with Crippen LogP contribution in [-0.2, 0) is 16.0 Å². The summed E-state index contributed by atoms with van der Waals surface area (Å²) in [5, 5.41) is 10.2. The normalized spacial score (nSPS) is 15.2. The number of carboxylic acid groups (broad SMARTS) is 1. The number of fused-ring (bicyclic) bond motifs is 1. The van der Waals surface area contributed by atoms with E-state index in [1.807, 2.05) is 38.1 Å². The van der Waals surface area contributed by atoms with E-state index in [0.29, 0.717) is 0 Å². The van der Waals surface area contributed by atoms with Crippen LogP contribution in [0.25, 0.3) is 10.9 Å². The summed E-state index contributed by atoms with van der Waals surface area (Å²) in [6, 6.07) is 8.13. The first kappa shape index (κ1) is 17.4. The molecular formula is C20H24N2O3. The summed E-state index contributed by atoms with van der Waals surface area (Å²) < 4.78 is 0. The minimum atomic E-state index is -0.863. The van der Waals surface area contributed by atoms with Crippen LogP contribution in [0.4, 0.5) is 0 Å². The lowest BCUT2D eigenvalue weighted by Gasteiger charge is -2.25. The molecule has 1 N–H and O–H groups in total. The van der Waals surface area contributed by atoms with E-state index in [9.17, 15) is 9.59 Å². The van der Waals surface area contributed by atoms with Crippen LogP contribution >= 0.6 is 0 Å². The Balaban J connectivity index is 1.86. The third-order valence-corrected chi connectivity index (χ3v) is 5.01. The number of aliphatic carboxylic acids is 1. The molecule has 132 valence electrons. The average molecular weight is 340 g/mol. The number of aryl methyl sites for hydroxylation is 2. The lowest BCUT2D eigenvalue weighted by molar-refractivity contribution is -0.143. The smallest absolute Gasteiger partial charge is 0.308 e. The van der Waals surface area contributed by atoms with Gasteiger partial charge in [0.2, 0.25) is 5.91 Å². The van der Waals surface area contributed by atoms with Crippen LogP contribution < -0.4 is 0 Å². The van der Waals surface area contributed by atoms with Gasteiger partial charge in [-0.2, -0.15) is 0 Å². The molecule has 1 aliphatic carbocycles. The second-order valence-corrected chi connectivity index (χ2v) is 7.01. The van der Waals surface area contributed by atoms with Gasteiger partial charge in [0.25, 0.3) is 0 Å². The van der Waals surface area contributed by atoms with Gasteiger partial charge in [-0.05, 0) is 43.9 Å². The van der Waals surface area contributed by atoms with Crippen LogP contribution in [0.3, 0.4) is 0 Å². The van der Waals surface area contributed by atoms with Gasteiger partial charge in [-0.25, -0.2) is 0 Å². The highest BCUT2D eigenvalue weighted by Crippen LogP contribution is 2.29. The van der Waals surface area contributed by atoms with Gasteiger partial charge < -0.3 is 10.0 Å². The van der Waals surface area contributed by atoms with Crippen LogP contribution in [0.1, 0.15) is 36.6 Å². The predicted molar refractivity (Wildman–Crippen MR) is 96.5 cm³/mol. The van der Waals surface area contributed by atoms with Crippen molar-refractivity contribution in [1.29, 1.82) is 0 Å². The first-order valence-electron chi connectivity index (χ1n) is 8.75. The summed E-state index contributed by atoms with van der Waals surface area (Å²) in [6.45, 7) is 5.89. The number of pyridine rings is 1. The van der Waals surface area contributed by atoms with Crippen LogP contribution in [0.15, 0.2) is 24.3 Å². The Bertz CT molecular complexity index is 827. The number of carboxylic acids is 1. The lowest BCUT2D eigenvalue weighted by Crippen LogP contribution is -2.39. The lowest BCUT2D eigenvalue weighted by atomic mass is 9.99. The van der Waals surface area contributed by atoms with Gasteiger partial charge in [-0.15, -0.1) is 0 Å². The van der Waals surface area contributed by atoms with Crippen LogP contribution in [0.5, 0.6) is 0 Å². The second-order valence-electron chi connectivity index (χ2n) is 7.01. The molecule has 0 saturated heterocycles. The maximum Gasteiger partial charge on any atom is 0.308 e. The highest BCUT2D eigenvalue weighted by atomic mass is 16.4. The molecular weight excluding hydrogens is 316 g/mol. The van der Waals surface area contributed by atoms with E-state index in [2.05, 4.69) is 4.98 Å². The van der Waals surface area contributed by atoms with E-state index < -0.39 is 11.9 Å². The molecule has 25 heavy (non-hydrogen) atoms. The van der Waals surface area contributed by atoms with Gasteiger partial charge in [0.15, 0.2) is 0 Å². The van der Waals surface area contributed by atoms with Crippen LogP contribution in [0, 0.1) is 19.8 Å². The van der Waals surface area contributed by atoms with Crippen molar-refractivity contribution >= 4 is 22.8 Å². The Morgan fingerprint density at radius 2 is 1.96 bits per heavy atom. The number of nitrogens with zero attached hydrogens (tertiary/aromatic N) is 2.